The Bertz CT molecular complexity index is 512. The fraction of sp³-hybridized carbons (Fsp3) is 0. The van der Waals surface area contributed by atoms with Crippen LogP contribution < -0.4 is 0 Å². The molecule has 4 nitrogen and oxygen atoms in total. The molecule has 0 radical (unpaired) electrons. The van der Waals surface area contributed by atoms with Crippen LogP contribution in [0, 0.1) is 0 Å². The van der Waals surface area contributed by atoms with Crippen molar-refractivity contribution in [3.8, 4) is 11.5 Å². The maximum atomic E-state index is 10.5. The number of aldehydes is 1. The fourth-order valence-electron chi connectivity index (χ4n) is 1.10. The van der Waals surface area contributed by atoms with Crippen molar-refractivity contribution < 1.29 is 4.79 Å². The number of aromatic amines is 1. The topological polar surface area (TPSA) is 58.6 Å². The number of pyridine rings is 1. The van der Waals surface area contributed by atoms with Crippen LogP contribution >= 0.6 is 27.5 Å². The maximum absolute atomic E-state index is 10.5. The van der Waals surface area contributed by atoms with Gasteiger partial charge in [-0.2, -0.15) is 0 Å². The number of halogens is 2. The van der Waals surface area contributed by atoms with Crippen LogP contribution in [0.25, 0.3) is 11.5 Å². The zero-order chi connectivity index (χ0) is 10.8. The first-order chi connectivity index (χ1) is 7.20. The van der Waals surface area contributed by atoms with E-state index in [-0.39, 0.29) is 0 Å². The van der Waals surface area contributed by atoms with Gasteiger partial charge in [-0.25, -0.2) is 4.98 Å². The number of rotatable bonds is 2. The van der Waals surface area contributed by atoms with E-state index >= 15 is 0 Å². The minimum atomic E-state index is 0.411. The van der Waals surface area contributed by atoms with Crippen LogP contribution in [0.2, 0.25) is 5.02 Å². The standard InChI is InChI=1S/C9H5BrClN3O/c10-7-1-5(11)2-12-8(7)9-13-3-6(4-15)14-9/h1-4H,(H,13,14). The van der Waals surface area contributed by atoms with Crippen LogP contribution in [0.15, 0.2) is 22.9 Å². The largest absolute Gasteiger partial charge is 0.334 e. The van der Waals surface area contributed by atoms with Crippen LogP contribution in [0.3, 0.4) is 0 Å². The second-order valence-corrected chi connectivity index (χ2v) is 4.08. The lowest BCUT2D eigenvalue weighted by molar-refractivity contribution is 0.111. The van der Waals surface area contributed by atoms with E-state index in [2.05, 4.69) is 30.9 Å². The molecule has 0 amide bonds. The van der Waals surface area contributed by atoms with E-state index in [1.165, 1.54) is 12.4 Å². The Labute approximate surface area is 98.8 Å². The summed E-state index contributed by atoms with van der Waals surface area (Å²) in [5.74, 6) is 0.528. The smallest absolute Gasteiger partial charge is 0.167 e. The zero-order valence-electron chi connectivity index (χ0n) is 7.37. The second kappa shape index (κ2) is 4.12. The molecule has 6 heteroatoms. The molecule has 0 spiro atoms. The highest BCUT2D eigenvalue weighted by Crippen LogP contribution is 2.25. The van der Waals surface area contributed by atoms with Gasteiger partial charge < -0.3 is 4.98 Å². The minimum absolute atomic E-state index is 0.411. The van der Waals surface area contributed by atoms with Gasteiger partial charge in [-0.15, -0.1) is 0 Å². The summed E-state index contributed by atoms with van der Waals surface area (Å²) in [7, 11) is 0. The number of hydrogen-bond acceptors (Lipinski definition) is 3. The Balaban J connectivity index is 2.49. The summed E-state index contributed by atoms with van der Waals surface area (Å²) in [6.07, 6.45) is 3.66. The van der Waals surface area contributed by atoms with Crippen molar-refractivity contribution in [3.63, 3.8) is 0 Å². The summed E-state index contributed by atoms with van der Waals surface area (Å²) in [6.45, 7) is 0. The summed E-state index contributed by atoms with van der Waals surface area (Å²) in [6, 6.07) is 1.72. The van der Waals surface area contributed by atoms with E-state index in [1.807, 2.05) is 0 Å². The van der Waals surface area contributed by atoms with Crippen molar-refractivity contribution in [1.82, 2.24) is 15.0 Å². The molecular weight excluding hydrogens is 281 g/mol. The number of carbonyl (C=O) groups excluding carboxylic acids is 1. The molecule has 0 aliphatic carbocycles. The third-order valence-corrected chi connectivity index (χ3v) is 2.57. The highest BCUT2D eigenvalue weighted by Gasteiger charge is 2.09. The lowest BCUT2D eigenvalue weighted by atomic mass is 10.3. The zero-order valence-corrected chi connectivity index (χ0v) is 9.71. The molecule has 15 heavy (non-hydrogen) atoms. The van der Waals surface area contributed by atoms with Crippen LogP contribution in [0.5, 0.6) is 0 Å². The van der Waals surface area contributed by atoms with Gasteiger partial charge >= 0.3 is 0 Å². The highest BCUT2D eigenvalue weighted by atomic mass is 79.9. The van der Waals surface area contributed by atoms with E-state index in [4.69, 9.17) is 11.6 Å². The minimum Gasteiger partial charge on any atom is -0.334 e. The van der Waals surface area contributed by atoms with E-state index in [0.717, 1.165) is 4.47 Å². The SMILES string of the molecule is O=Cc1cnc(-c2ncc(Cl)cc2Br)[nH]1. The van der Waals surface area contributed by atoms with Crippen molar-refractivity contribution in [1.29, 1.82) is 0 Å². The summed E-state index contributed by atoms with van der Waals surface area (Å²) in [5, 5.41) is 0.535. The van der Waals surface area contributed by atoms with Gasteiger partial charge in [0.05, 0.1) is 16.9 Å². The van der Waals surface area contributed by atoms with Crippen molar-refractivity contribution >= 4 is 33.8 Å². The number of imidazole rings is 1. The first-order valence-corrected chi connectivity index (χ1v) is 5.19. The van der Waals surface area contributed by atoms with Crippen LogP contribution in [-0.2, 0) is 0 Å². The molecule has 0 fully saturated rings. The average Bonchev–Trinajstić information content (AvgIpc) is 2.66. The van der Waals surface area contributed by atoms with Gasteiger partial charge in [-0.1, -0.05) is 11.6 Å². The van der Waals surface area contributed by atoms with Crippen molar-refractivity contribution in [2.75, 3.05) is 0 Å². The first-order valence-electron chi connectivity index (χ1n) is 4.02. The molecule has 2 aromatic heterocycles. The maximum Gasteiger partial charge on any atom is 0.167 e. The predicted molar refractivity (Wildman–Crippen MR) is 59.9 cm³/mol. The molecule has 0 aliphatic rings. The van der Waals surface area contributed by atoms with Gasteiger partial charge in [-0.05, 0) is 22.0 Å². The molecule has 2 rings (SSSR count). The third kappa shape index (κ3) is 2.08. The van der Waals surface area contributed by atoms with Crippen LogP contribution in [0.1, 0.15) is 10.5 Å². The number of hydrogen-bond donors (Lipinski definition) is 1. The Hall–Kier alpha value is -1.20. The molecule has 0 bridgehead atoms. The number of carbonyl (C=O) groups is 1. The molecule has 76 valence electrons. The van der Waals surface area contributed by atoms with Gasteiger partial charge in [0.15, 0.2) is 12.1 Å². The average molecular weight is 287 g/mol. The Morgan fingerprint density at radius 1 is 1.40 bits per heavy atom. The van der Waals surface area contributed by atoms with E-state index < -0.39 is 0 Å². The predicted octanol–water partition coefficient (Wildman–Crippen LogP) is 2.70. The number of nitrogens with zero attached hydrogens (tertiary/aromatic N) is 2. The van der Waals surface area contributed by atoms with E-state index in [1.54, 1.807) is 6.07 Å². The Morgan fingerprint density at radius 2 is 2.20 bits per heavy atom. The summed E-state index contributed by atoms with van der Waals surface area (Å²) < 4.78 is 0.724. The van der Waals surface area contributed by atoms with Crippen molar-refractivity contribution in [2.24, 2.45) is 0 Å². The molecular formula is C9H5BrClN3O. The molecule has 0 unspecified atom stereocenters. The van der Waals surface area contributed by atoms with Gasteiger partial charge in [0.2, 0.25) is 0 Å². The van der Waals surface area contributed by atoms with E-state index in [0.29, 0.717) is 28.5 Å². The van der Waals surface area contributed by atoms with E-state index in [9.17, 15) is 4.79 Å². The molecule has 0 aromatic carbocycles. The molecule has 2 heterocycles. The van der Waals surface area contributed by atoms with Gasteiger partial charge in [0.1, 0.15) is 5.69 Å². The number of nitrogens with one attached hydrogen (secondary N) is 1. The summed E-state index contributed by atoms with van der Waals surface area (Å²) >= 11 is 9.08. The Morgan fingerprint density at radius 3 is 2.80 bits per heavy atom. The lowest BCUT2D eigenvalue weighted by Gasteiger charge is -1.99. The number of H-pyrrole nitrogens is 1. The van der Waals surface area contributed by atoms with Crippen molar-refractivity contribution in [3.05, 3.63) is 33.6 Å². The number of aromatic nitrogens is 3. The normalized spacial score (nSPS) is 10.3. The molecule has 0 aliphatic heterocycles. The van der Waals surface area contributed by atoms with Gasteiger partial charge in [0.25, 0.3) is 0 Å². The molecule has 1 N–H and O–H groups in total. The van der Waals surface area contributed by atoms with Gasteiger partial charge in [-0.3, -0.25) is 9.78 Å². The highest BCUT2D eigenvalue weighted by molar-refractivity contribution is 9.10. The molecule has 0 atom stereocenters. The Kier molecular flexibility index (Phi) is 2.83. The van der Waals surface area contributed by atoms with Gasteiger partial charge in [0, 0.05) is 10.7 Å². The molecule has 2 aromatic rings. The van der Waals surface area contributed by atoms with Crippen LogP contribution in [-0.4, -0.2) is 21.2 Å². The van der Waals surface area contributed by atoms with Crippen molar-refractivity contribution in [2.45, 2.75) is 0 Å². The second-order valence-electron chi connectivity index (χ2n) is 2.79. The van der Waals surface area contributed by atoms with Crippen LogP contribution in [0.4, 0.5) is 0 Å². The third-order valence-electron chi connectivity index (χ3n) is 1.75. The molecule has 0 saturated carbocycles. The monoisotopic (exact) mass is 285 g/mol. The fourth-order valence-corrected chi connectivity index (χ4v) is 1.93. The lowest BCUT2D eigenvalue weighted by Crippen LogP contribution is -1.88. The quantitative estimate of drug-likeness (QED) is 0.864. The summed E-state index contributed by atoms with van der Waals surface area (Å²) in [5.41, 5.74) is 1.03. The first kappa shape index (κ1) is 10.3. The summed E-state index contributed by atoms with van der Waals surface area (Å²) in [4.78, 5) is 21.4. The molecule has 0 saturated heterocycles.